The zero-order valence-corrected chi connectivity index (χ0v) is 12.9. The summed E-state index contributed by atoms with van der Waals surface area (Å²) in [5.41, 5.74) is 0. The van der Waals surface area contributed by atoms with Crippen LogP contribution in [0.15, 0.2) is 0 Å². The van der Waals surface area contributed by atoms with E-state index in [9.17, 15) is 4.79 Å². The Bertz CT molecular complexity index is 303. The van der Waals surface area contributed by atoms with Crippen LogP contribution in [0.2, 0.25) is 0 Å². The van der Waals surface area contributed by atoms with E-state index in [1.807, 2.05) is 11.8 Å². The standard InChI is InChI=1S/C15H29N3O2/c1-13(15(19)18-7-5-3-4-6-8-18)16-11-14-12-17(2)9-10-20-14/h13-14,16H,3-12H2,1-2H3/t13-,14-/m0/s1. The predicted octanol–water partition coefficient (Wildman–Crippen LogP) is 0.698. The lowest BCUT2D eigenvalue weighted by molar-refractivity contribution is -0.133. The molecule has 0 aromatic rings. The van der Waals surface area contributed by atoms with Crippen LogP contribution in [-0.2, 0) is 9.53 Å². The summed E-state index contributed by atoms with van der Waals surface area (Å²) in [7, 11) is 2.11. The number of ether oxygens (including phenoxy) is 1. The quantitative estimate of drug-likeness (QED) is 0.825. The third-order valence-corrected chi connectivity index (χ3v) is 4.28. The molecule has 0 unspecified atom stereocenters. The van der Waals surface area contributed by atoms with Crippen LogP contribution in [0, 0.1) is 0 Å². The third kappa shape index (κ3) is 4.72. The van der Waals surface area contributed by atoms with Gasteiger partial charge in [0.2, 0.25) is 5.91 Å². The van der Waals surface area contributed by atoms with Crippen molar-refractivity contribution < 1.29 is 9.53 Å². The molecule has 0 aromatic heterocycles. The molecule has 0 aromatic carbocycles. The molecule has 2 heterocycles. The van der Waals surface area contributed by atoms with Gasteiger partial charge in [-0.05, 0) is 26.8 Å². The van der Waals surface area contributed by atoms with Crippen molar-refractivity contribution in [3.63, 3.8) is 0 Å². The number of likely N-dealkylation sites (N-methyl/N-ethyl adjacent to an activating group) is 1. The minimum absolute atomic E-state index is 0.107. The Kier molecular flexibility index (Phi) is 6.26. The molecule has 0 bridgehead atoms. The zero-order valence-electron chi connectivity index (χ0n) is 12.9. The van der Waals surface area contributed by atoms with Crippen LogP contribution in [0.3, 0.4) is 0 Å². The molecule has 2 aliphatic heterocycles. The molecule has 0 spiro atoms. The molecule has 2 saturated heterocycles. The van der Waals surface area contributed by atoms with Gasteiger partial charge in [0, 0.05) is 32.7 Å². The minimum atomic E-state index is -0.107. The van der Waals surface area contributed by atoms with E-state index in [1.54, 1.807) is 0 Å². The van der Waals surface area contributed by atoms with Crippen LogP contribution < -0.4 is 5.32 Å². The summed E-state index contributed by atoms with van der Waals surface area (Å²) in [6.45, 7) is 7.31. The highest BCUT2D eigenvalue weighted by molar-refractivity contribution is 5.81. The Labute approximate surface area is 122 Å². The first-order chi connectivity index (χ1) is 9.66. The zero-order chi connectivity index (χ0) is 14.4. The lowest BCUT2D eigenvalue weighted by Gasteiger charge is -2.31. The molecule has 2 atom stereocenters. The molecule has 2 aliphatic rings. The predicted molar refractivity (Wildman–Crippen MR) is 79.7 cm³/mol. The third-order valence-electron chi connectivity index (χ3n) is 4.28. The maximum atomic E-state index is 12.4. The number of morpholine rings is 1. The van der Waals surface area contributed by atoms with Crippen LogP contribution in [0.1, 0.15) is 32.6 Å². The maximum Gasteiger partial charge on any atom is 0.239 e. The number of carbonyl (C=O) groups excluding carboxylic acids is 1. The fourth-order valence-electron chi connectivity index (χ4n) is 2.95. The summed E-state index contributed by atoms with van der Waals surface area (Å²) in [5.74, 6) is 0.246. The van der Waals surface area contributed by atoms with Crippen molar-refractivity contribution in [2.75, 3.05) is 46.4 Å². The van der Waals surface area contributed by atoms with Crippen LogP contribution >= 0.6 is 0 Å². The van der Waals surface area contributed by atoms with Crippen LogP contribution in [0.4, 0.5) is 0 Å². The molecule has 2 fully saturated rings. The highest BCUT2D eigenvalue weighted by atomic mass is 16.5. The molecule has 5 nitrogen and oxygen atoms in total. The maximum absolute atomic E-state index is 12.4. The van der Waals surface area contributed by atoms with Gasteiger partial charge in [0.05, 0.1) is 18.8 Å². The van der Waals surface area contributed by atoms with Crippen molar-refractivity contribution >= 4 is 5.91 Å². The van der Waals surface area contributed by atoms with Gasteiger partial charge >= 0.3 is 0 Å². The van der Waals surface area contributed by atoms with Gasteiger partial charge < -0.3 is 19.9 Å². The number of hydrogen-bond acceptors (Lipinski definition) is 4. The van der Waals surface area contributed by atoms with E-state index in [0.717, 1.165) is 52.2 Å². The second kappa shape index (κ2) is 7.96. The van der Waals surface area contributed by atoms with E-state index in [4.69, 9.17) is 4.74 Å². The smallest absolute Gasteiger partial charge is 0.239 e. The number of nitrogens with one attached hydrogen (secondary N) is 1. The normalized spacial score (nSPS) is 27.1. The largest absolute Gasteiger partial charge is 0.374 e. The average molecular weight is 283 g/mol. The molecular weight excluding hydrogens is 254 g/mol. The number of carbonyl (C=O) groups is 1. The van der Waals surface area contributed by atoms with Crippen LogP contribution in [0.25, 0.3) is 0 Å². The summed E-state index contributed by atoms with van der Waals surface area (Å²) in [6.07, 6.45) is 5.01. The number of amides is 1. The molecule has 2 rings (SSSR count). The molecule has 20 heavy (non-hydrogen) atoms. The lowest BCUT2D eigenvalue weighted by Crippen LogP contribution is -2.50. The van der Waals surface area contributed by atoms with Crippen molar-refractivity contribution in [3.05, 3.63) is 0 Å². The van der Waals surface area contributed by atoms with Crippen molar-refractivity contribution in [2.45, 2.75) is 44.8 Å². The first-order valence-corrected chi connectivity index (χ1v) is 7.99. The second-order valence-corrected chi connectivity index (χ2v) is 6.12. The van der Waals surface area contributed by atoms with Gasteiger partial charge in [0.25, 0.3) is 0 Å². The number of likely N-dealkylation sites (tertiary alicyclic amines) is 1. The van der Waals surface area contributed by atoms with E-state index in [1.165, 1.54) is 12.8 Å². The Hall–Kier alpha value is -0.650. The number of nitrogens with zero attached hydrogens (tertiary/aromatic N) is 2. The summed E-state index contributed by atoms with van der Waals surface area (Å²) >= 11 is 0. The molecule has 0 radical (unpaired) electrons. The van der Waals surface area contributed by atoms with Gasteiger partial charge in [-0.1, -0.05) is 12.8 Å². The fraction of sp³-hybridized carbons (Fsp3) is 0.933. The Morgan fingerprint density at radius 3 is 2.60 bits per heavy atom. The molecule has 1 amide bonds. The Morgan fingerprint density at radius 2 is 1.95 bits per heavy atom. The molecule has 116 valence electrons. The Balaban J connectivity index is 1.72. The fourth-order valence-corrected chi connectivity index (χ4v) is 2.95. The molecule has 5 heteroatoms. The van der Waals surface area contributed by atoms with Crippen LogP contribution in [0.5, 0.6) is 0 Å². The van der Waals surface area contributed by atoms with Gasteiger partial charge in [-0.3, -0.25) is 4.79 Å². The van der Waals surface area contributed by atoms with Gasteiger partial charge in [-0.15, -0.1) is 0 Å². The molecule has 0 aliphatic carbocycles. The van der Waals surface area contributed by atoms with Crippen molar-refractivity contribution in [2.24, 2.45) is 0 Å². The summed E-state index contributed by atoms with van der Waals surface area (Å²) in [6, 6.07) is -0.107. The summed E-state index contributed by atoms with van der Waals surface area (Å²) < 4.78 is 5.71. The van der Waals surface area contributed by atoms with Gasteiger partial charge in [0.15, 0.2) is 0 Å². The van der Waals surface area contributed by atoms with Crippen molar-refractivity contribution in [1.29, 1.82) is 0 Å². The summed E-state index contributed by atoms with van der Waals surface area (Å²) in [4.78, 5) is 16.7. The molecule has 0 saturated carbocycles. The van der Waals surface area contributed by atoms with Gasteiger partial charge in [-0.25, -0.2) is 0 Å². The van der Waals surface area contributed by atoms with E-state index in [2.05, 4.69) is 17.3 Å². The van der Waals surface area contributed by atoms with E-state index in [0.29, 0.717) is 0 Å². The van der Waals surface area contributed by atoms with Crippen LogP contribution in [-0.4, -0.2) is 74.2 Å². The minimum Gasteiger partial charge on any atom is -0.374 e. The highest BCUT2D eigenvalue weighted by Crippen LogP contribution is 2.11. The van der Waals surface area contributed by atoms with E-state index >= 15 is 0 Å². The number of hydrogen-bond donors (Lipinski definition) is 1. The first kappa shape index (κ1) is 15.7. The van der Waals surface area contributed by atoms with Gasteiger partial charge in [-0.2, -0.15) is 0 Å². The topological polar surface area (TPSA) is 44.8 Å². The lowest BCUT2D eigenvalue weighted by atomic mass is 10.2. The summed E-state index contributed by atoms with van der Waals surface area (Å²) in [5, 5.41) is 3.35. The monoisotopic (exact) mass is 283 g/mol. The SMILES string of the molecule is C[C@H](NC[C@H]1CN(C)CCO1)C(=O)N1CCCCCC1. The molecular formula is C15H29N3O2. The first-order valence-electron chi connectivity index (χ1n) is 7.99. The van der Waals surface area contributed by atoms with Gasteiger partial charge in [0.1, 0.15) is 0 Å². The average Bonchev–Trinajstić information content (AvgIpc) is 2.73. The van der Waals surface area contributed by atoms with Crippen molar-refractivity contribution in [1.82, 2.24) is 15.1 Å². The highest BCUT2D eigenvalue weighted by Gasteiger charge is 2.23. The van der Waals surface area contributed by atoms with E-state index in [-0.39, 0.29) is 18.1 Å². The van der Waals surface area contributed by atoms with Crippen molar-refractivity contribution in [3.8, 4) is 0 Å². The second-order valence-electron chi connectivity index (χ2n) is 6.12. The number of rotatable bonds is 4. The van der Waals surface area contributed by atoms with E-state index < -0.39 is 0 Å². The Morgan fingerprint density at radius 1 is 1.25 bits per heavy atom. The molecule has 1 N–H and O–H groups in total.